The van der Waals surface area contributed by atoms with Crippen LogP contribution in [0.4, 0.5) is 11.4 Å². The van der Waals surface area contributed by atoms with Crippen molar-refractivity contribution in [1.82, 2.24) is 9.88 Å². The number of para-hydroxylation sites is 1. The van der Waals surface area contributed by atoms with Crippen molar-refractivity contribution in [1.29, 1.82) is 0 Å². The van der Waals surface area contributed by atoms with Crippen LogP contribution in [0.3, 0.4) is 0 Å². The van der Waals surface area contributed by atoms with Gasteiger partial charge in [-0.25, -0.2) is 0 Å². The summed E-state index contributed by atoms with van der Waals surface area (Å²) in [6.45, 7) is 2.49. The van der Waals surface area contributed by atoms with Crippen LogP contribution in [-0.2, 0) is 16.8 Å². The normalized spacial score (nSPS) is 17.4. The molecule has 1 aromatic heterocycles. The van der Waals surface area contributed by atoms with Crippen molar-refractivity contribution in [3.05, 3.63) is 89.7 Å². The quantitative estimate of drug-likeness (QED) is 0.688. The number of hydrogen-bond acceptors (Lipinski definition) is 4. The Kier molecular flexibility index (Phi) is 5.23. The molecule has 3 heterocycles. The second-order valence-corrected chi connectivity index (χ2v) is 8.64. The van der Waals surface area contributed by atoms with E-state index in [-0.39, 0.29) is 11.8 Å². The van der Waals surface area contributed by atoms with Gasteiger partial charge in [0.2, 0.25) is 5.91 Å². The lowest BCUT2D eigenvalue weighted by Crippen LogP contribution is -2.47. The maximum atomic E-state index is 13.4. The maximum Gasteiger partial charge on any atom is 0.255 e. The number of nitrogens with zero attached hydrogens (tertiary/aromatic N) is 3. The molecule has 2 aliphatic rings. The van der Waals surface area contributed by atoms with Crippen molar-refractivity contribution in [3.63, 3.8) is 0 Å². The van der Waals surface area contributed by atoms with Crippen molar-refractivity contribution >= 4 is 23.2 Å². The fourth-order valence-electron chi connectivity index (χ4n) is 4.95. The molecule has 0 saturated carbocycles. The second-order valence-electron chi connectivity index (χ2n) is 8.64. The summed E-state index contributed by atoms with van der Waals surface area (Å²) in [5, 5.41) is 2.95. The first kappa shape index (κ1) is 20.4. The number of nitrogens with one attached hydrogen (secondary N) is 1. The highest BCUT2D eigenvalue weighted by atomic mass is 16.2. The summed E-state index contributed by atoms with van der Waals surface area (Å²) < 4.78 is 0. The van der Waals surface area contributed by atoms with E-state index < -0.39 is 5.41 Å². The molecule has 0 radical (unpaired) electrons. The van der Waals surface area contributed by atoms with Crippen LogP contribution in [0.5, 0.6) is 0 Å². The summed E-state index contributed by atoms with van der Waals surface area (Å²) in [5.74, 6) is -0.0284. The Bertz CT molecular complexity index is 1140. The summed E-state index contributed by atoms with van der Waals surface area (Å²) in [4.78, 5) is 34.6. The Morgan fingerprint density at radius 2 is 1.84 bits per heavy atom. The minimum absolute atomic E-state index is 0.133. The predicted molar refractivity (Wildman–Crippen MR) is 125 cm³/mol. The average Bonchev–Trinajstić information content (AvgIpc) is 3.03. The van der Waals surface area contributed by atoms with E-state index in [0.29, 0.717) is 5.56 Å². The van der Waals surface area contributed by atoms with E-state index in [1.165, 1.54) is 5.56 Å². The number of fused-ring (bicyclic) bond motifs is 2. The second kappa shape index (κ2) is 8.20. The van der Waals surface area contributed by atoms with Crippen molar-refractivity contribution in [2.75, 3.05) is 30.4 Å². The van der Waals surface area contributed by atoms with Crippen LogP contribution in [-0.4, -0.2) is 41.8 Å². The molecule has 2 aliphatic heterocycles. The standard InChI is InChI=1S/C26H26N4O2/c1-29-23-10-9-20(24(31)28-21-7-3-2-4-8-21)16-22(23)26(25(29)32)11-14-30(15-12-26)18-19-6-5-13-27-17-19/h2-10,13,16-17H,11-12,14-15,18H2,1H3,(H,28,31). The highest BCUT2D eigenvalue weighted by molar-refractivity contribution is 6.10. The molecule has 1 spiro atoms. The van der Waals surface area contributed by atoms with Gasteiger partial charge in [-0.05, 0) is 73.5 Å². The minimum atomic E-state index is -0.557. The molecule has 0 aliphatic carbocycles. The highest BCUT2D eigenvalue weighted by Gasteiger charge is 2.51. The van der Waals surface area contributed by atoms with Gasteiger partial charge in [0.1, 0.15) is 0 Å². The molecule has 2 amide bonds. The molecule has 162 valence electrons. The van der Waals surface area contributed by atoms with Crippen LogP contribution in [0.15, 0.2) is 73.1 Å². The van der Waals surface area contributed by atoms with Crippen LogP contribution in [0.2, 0.25) is 0 Å². The Morgan fingerprint density at radius 3 is 2.56 bits per heavy atom. The van der Waals surface area contributed by atoms with Gasteiger partial charge in [0, 0.05) is 42.9 Å². The van der Waals surface area contributed by atoms with Gasteiger partial charge in [0.15, 0.2) is 0 Å². The molecule has 1 N–H and O–H groups in total. The summed E-state index contributed by atoms with van der Waals surface area (Å²) >= 11 is 0. The van der Waals surface area contributed by atoms with Crippen LogP contribution in [0.1, 0.15) is 34.3 Å². The number of pyridine rings is 1. The van der Waals surface area contributed by atoms with Crippen LogP contribution < -0.4 is 10.2 Å². The number of benzene rings is 2. The smallest absolute Gasteiger partial charge is 0.255 e. The number of piperidine rings is 1. The molecule has 0 atom stereocenters. The van der Waals surface area contributed by atoms with Gasteiger partial charge in [-0.1, -0.05) is 24.3 Å². The third-order valence-electron chi connectivity index (χ3n) is 6.72. The Morgan fingerprint density at radius 1 is 1.06 bits per heavy atom. The largest absolute Gasteiger partial charge is 0.322 e. The number of likely N-dealkylation sites (tertiary alicyclic amines) is 1. The van der Waals surface area contributed by atoms with Gasteiger partial charge in [-0.2, -0.15) is 0 Å². The van der Waals surface area contributed by atoms with Gasteiger partial charge < -0.3 is 10.2 Å². The Labute approximate surface area is 187 Å². The molecule has 0 unspecified atom stereocenters. The van der Waals surface area contributed by atoms with Crippen LogP contribution in [0.25, 0.3) is 0 Å². The summed E-state index contributed by atoms with van der Waals surface area (Å²) in [6.07, 6.45) is 5.16. The zero-order valence-electron chi connectivity index (χ0n) is 18.1. The van der Waals surface area contributed by atoms with E-state index in [2.05, 4.69) is 21.3 Å². The number of aromatic nitrogens is 1. The Hall–Kier alpha value is -3.51. The monoisotopic (exact) mass is 426 g/mol. The van der Waals surface area contributed by atoms with Crippen LogP contribution >= 0.6 is 0 Å². The van der Waals surface area contributed by atoms with Gasteiger partial charge in [0.25, 0.3) is 5.91 Å². The number of hydrogen-bond donors (Lipinski definition) is 1. The van der Waals surface area contributed by atoms with Crippen molar-refractivity contribution in [3.8, 4) is 0 Å². The van der Waals surface area contributed by atoms with E-state index in [0.717, 1.165) is 49.4 Å². The molecular formula is C26H26N4O2. The van der Waals surface area contributed by atoms with Gasteiger partial charge in [-0.15, -0.1) is 0 Å². The highest BCUT2D eigenvalue weighted by Crippen LogP contribution is 2.47. The number of carbonyl (C=O) groups excluding carboxylic acids is 2. The first-order chi connectivity index (χ1) is 15.6. The van der Waals surface area contributed by atoms with Crippen LogP contribution in [0, 0.1) is 0 Å². The fraction of sp³-hybridized carbons (Fsp3) is 0.269. The average molecular weight is 427 g/mol. The van der Waals surface area contributed by atoms with Gasteiger partial charge >= 0.3 is 0 Å². The van der Waals surface area contributed by atoms with E-state index in [4.69, 9.17) is 0 Å². The molecule has 3 aromatic rings. The molecule has 0 bridgehead atoms. The molecule has 32 heavy (non-hydrogen) atoms. The zero-order chi connectivity index (χ0) is 22.1. The van der Waals surface area contributed by atoms with Crippen molar-refractivity contribution < 1.29 is 9.59 Å². The Balaban J connectivity index is 1.38. The van der Waals surface area contributed by atoms with E-state index in [1.807, 2.05) is 61.8 Å². The molecule has 2 aromatic carbocycles. The van der Waals surface area contributed by atoms with E-state index in [9.17, 15) is 9.59 Å². The topological polar surface area (TPSA) is 65.5 Å². The fourth-order valence-corrected chi connectivity index (χ4v) is 4.95. The minimum Gasteiger partial charge on any atom is -0.322 e. The number of carbonyl (C=O) groups is 2. The lowest BCUT2D eigenvalue weighted by molar-refractivity contribution is -0.124. The summed E-state index contributed by atoms with van der Waals surface area (Å²) in [7, 11) is 1.83. The lowest BCUT2D eigenvalue weighted by atomic mass is 9.73. The first-order valence-corrected chi connectivity index (χ1v) is 11.0. The molecule has 6 heteroatoms. The summed E-state index contributed by atoms with van der Waals surface area (Å²) in [5.41, 5.74) is 3.84. The zero-order valence-corrected chi connectivity index (χ0v) is 18.1. The van der Waals surface area contributed by atoms with Gasteiger partial charge in [0.05, 0.1) is 5.41 Å². The van der Waals surface area contributed by atoms with Crippen molar-refractivity contribution in [2.45, 2.75) is 24.8 Å². The third kappa shape index (κ3) is 3.56. The molecule has 6 nitrogen and oxygen atoms in total. The van der Waals surface area contributed by atoms with E-state index in [1.54, 1.807) is 17.2 Å². The molecule has 1 fully saturated rings. The third-order valence-corrected chi connectivity index (χ3v) is 6.72. The number of anilines is 2. The molecular weight excluding hydrogens is 400 g/mol. The van der Waals surface area contributed by atoms with Gasteiger partial charge in [-0.3, -0.25) is 19.5 Å². The number of amides is 2. The predicted octanol–water partition coefficient (Wildman–Crippen LogP) is 3.84. The molecule has 1 saturated heterocycles. The SMILES string of the molecule is CN1C(=O)C2(CCN(Cc3cccnc3)CC2)c2cc(C(=O)Nc3ccccc3)ccc21. The first-order valence-electron chi connectivity index (χ1n) is 11.0. The van der Waals surface area contributed by atoms with Crippen molar-refractivity contribution in [2.24, 2.45) is 0 Å². The number of rotatable bonds is 4. The molecule has 5 rings (SSSR count). The number of likely N-dealkylation sites (N-methyl/N-ethyl adjacent to an activating group) is 1. The maximum absolute atomic E-state index is 13.4. The van der Waals surface area contributed by atoms with E-state index >= 15 is 0 Å². The lowest BCUT2D eigenvalue weighted by Gasteiger charge is -2.38. The summed E-state index contributed by atoms with van der Waals surface area (Å²) in [6, 6.07) is 19.1.